The van der Waals surface area contributed by atoms with E-state index in [1.807, 2.05) is 13.1 Å². The molecule has 1 aromatic rings. The maximum Gasteiger partial charge on any atom is 0.0629 e. The first-order valence-electron chi connectivity index (χ1n) is 3.97. The zero-order valence-electron chi connectivity index (χ0n) is 7.76. The molecule has 2 nitrogen and oxygen atoms in total. The van der Waals surface area contributed by atoms with Crippen LogP contribution in [0, 0.1) is 0 Å². The summed E-state index contributed by atoms with van der Waals surface area (Å²) in [5, 5.41) is 3.17. The highest BCUT2D eigenvalue weighted by atomic mass is 31.1. The van der Waals surface area contributed by atoms with E-state index in [-0.39, 0.29) is 0 Å². The molecule has 0 amide bonds. The van der Waals surface area contributed by atoms with Crippen molar-refractivity contribution < 1.29 is 0 Å². The molecule has 0 saturated carbocycles. The Morgan fingerprint density at radius 2 is 2.00 bits per heavy atom. The summed E-state index contributed by atoms with van der Waals surface area (Å²) in [5.74, 6) is 0. The second-order valence-corrected chi connectivity index (χ2v) is 3.67. The molecule has 0 aliphatic rings. The summed E-state index contributed by atoms with van der Waals surface area (Å²) in [6.07, 6.45) is 0. The van der Waals surface area contributed by atoms with Gasteiger partial charge in [-0.3, -0.25) is 0 Å². The van der Waals surface area contributed by atoms with Crippen molar-refractivity contribution in [2.24, 2.45) is 0 Å². The van der Waals surface area contributed by atoms with Crippen LogP contribution >= 0.6 is 8.73 Å². The number of rotatable bonds is 3. The van der Waals surface area contributed by atoms with Gasteiger partial charge in [-0.25, -0.2) is 0 Å². The second kappa shape index (κ2) is 4.32. The number of anilines is 2. The van der Waals surface area contributed by atoms with Crippen LogP contribution in [0.1, 0.15) is 0 Å². The molecular formula is C9H15N2P. The molecule has 0 aliphatic carbocycles. The SMILES string of the molecule is CNc1ccccc1N(C)PC. The molecular weight excluding hydrogens is 167 g/mol. The van der Waals surface area contributed by atoms with E-state index in [0.29, 0.717) is 0 Å². The quantitative estimate of drug-likeness (QED) is 0.722. The predicted octanol–water partition coefficient (Wildman–Crippen LogP) is 2.39. The van der Waals surface area contributed by atoms with Crippen LogP contribution in [-0.2, 0) is 0 Å². The van der Waals surface area contributed by atoms with Gasteiger partial charge in [0.2, 0.25) is 0 Å². The molecule has 12 heavy (non-hydrogen) atoms. The van der Waals surface area contributed by atoms with Crippen molar-refractivity contribution in [3.8, 4) is 0 Å². The Hall–Kier alpha value is -0.750. The van der Waals surface area contributed by atoms with E-state index in [2.05, 4.69) is 41.9 Å². The number of hydrogen-bond donors (Lipinski definition) is 1. The van der Waals surface area contributed by atoms with Crippen molar-refractivity contribution in [3.05, 3.63) is 24.3 Å². The summed E-state index contributed by atoms with van der Waals surface area (Å²) in [5.41, 5.74) is 2.45. The molecule has 1 atom stereocenters. The molecule has 1 N–H and O–H groups in total. The fourth-order valence-corrected chi connectivity index (χ4v) is 1.53. The van der Waals surface area contributed by atoms with Crippen molar-refractivity contribution >= 4 is 20.1 Å². The summed E-state index contributed by atoms with van der Waals surface area (Å²) >= 11 is 0. The predicted molar refractivity (Wildman–Crippen MR) is 58.6 cm³/mol. The molecule has 0 aromatic heterocycles. The Labute approximate surface area is 75.8 Å². The molecule has 66 valence electrons. The Morgan fingerprint density at radius 1 is 1.33 bits per heavy atom. The van der Waals surface area contributed by atoms with Gasteiger partial charge in [-0.05, 0) is 27.5 Å². The average Bonchev–Trinajstić information content (AvgIpc) is 2.16. The maximum absolute atomic E-state index is 3.17. The summed E-state index contributed by atoms with van der Waals surface area (Å²) in [6, 6.07) is 8.32. The van der Waals surface area contributed by atoms with Crippen molar-refractivity contribution in [3.63, 3.8) is 0 Å². The van der Waals surface area contributed by atoms with Gasteiger partial charge in [-0.1, -0.05) is 12.1 Å². The van der Waals surface area contributed by atoms with Crippen LogP contribution in [0.2, 0.25) is 0 Å². The molecule has 0 aliphatic heterocycles. The summed E-state index contributed by atoms with van der Waals surface area (Å²) in [7, 11) is 4.86. The minimum atomic E-state index is 0.802. The molecule has 0 saturated heterocycles. The van der Waals surface area contributed by atoms with Crippen molar-refractivity contribution in [1.29, 1.82) is 0 Å². The molecule has 3 heteroatoms. The first kappa shape index (κ1) is 9.34. The largest absolute Gasteiger partial charge is 0.386 e. The Morgan fingerprint density at radius 3 is 2.58 bits per heavy atom. The molecule has 1 aromatic carbocycles. The number of nitrogens with zero attached hydrogens (tertiary/aromatic N) is 1. The van der Waals surface area contributed by atoms with Gasteiger partial charge in [0, 0.05) is 14.1 Å². The maximum atomic E-state index is 3.17. The zero-order chi connectivity index (χ0) is 8.97. The standard InChI is InChI=1S/C9H15N2P/c1-10-8-6-4-5-7-9(8)11(2)12-3/h4-7,10,12H,1-3H3. The van der Waals surface area contributed by atoms with E-state index >= 15 is 0 Å². The van der Waals surface area contributed by atoms with E-state index in [1.165, 1.54) is 11.4 Å². The lowest BCUT2D eigenvalue weighted by Gasteiger charge is -2.19. The monoisotopic (exact) mass is 182 g/mol. The van der Waals surface area contributed by atoms with Gasteiger partial charge in [-0.2, -0.15) is 0 Å². The van der Waals surface area contributed by atoms with Crippen LogP contribution in [0.5, 0.6) is 0 Å². The highest BCUT2D eigenvalue weighted by molar-refractivity contribution is 7.39. The van der Waals surface area contributed by atoms with Crippen LogP contribution in [0.4, 0.5) is 11.4 Å². The second-order valence-electron chi connectivity index (χ2n) is 2.55. The number of benzene rings is 1. The van der Waals surface area contributed by atoms with Crippen molar-refractivity contribution in [2.45, 2.75) is 0 Å². The van der Waals surface area contributed by atoms with Crippen molar-refractivity contribution in [2.75, 3.05) is 30.7 Å². The van der Waals surface area contributed by atoms with Crippen LogP contribution in [0.25, 0.3) is 0 Å². The molecule has 0 bridgehead atoms. The minimum absolute atomic E-state index is 0.802. The summed E-state index contributed by atoms with van der Waals surface area (Å²) in [4.78, 5) is 0. The lowest BCUT2D eigenvalue weighted by atomic mass is 10.2. The van der Waals surface area contributed by atoms with Gasteiger partial charge in [0.15, 0.2) is 0 Å². The highest BCUT2D eigenvalue weighted by Crippen LogP contribution is 2.29. The third kappa shape index (κ3) is 1.89. The van der Waals surface area contributed by atoms with Gasteiger partial charge < -0.3 is 9.99 Å². The molecule has 0 fully saturated rings. The lowest BCUT2D eigenvalue weighted by molar-refractivity contribution is 1.34. The highest BCUT2D eigenvalue weighted by Gasteiger charge is 2.01. The third-order valence-electron chi connectivity index (χ3n) is 1.87. The van der Waals surface area contributed by atoms with Gasteiger partial charge in [0.05, 0.1) is 11.4 Å². The van der Waals surface area contributed by atoms with Crippen LogP contribution in [0.3, 0.4) is 0 Å². The van der Waals surface area contributed by atoms with Crippen molar-refractivity contribution in [1.82, 2.24) is 0 Å². The Balaban J connectivity index is 2.96. The van der Waals surface area contributed by atoms with Crippen LogP contribution in [-0.4, -0.2) is 20.8 Å². The topological polar surface area (TPSA) is 15.3 Å². The van der Waals surface area contributed by atoms with Crippen LogP contribution in [0.15, 0.2) is 24.3 Å². The number of nitrogens with one attached hydrogen (secondary N) is 1. The van der Waals surface area contributed by atoms with Gasteiger partial charge in [0.1, 0.15) is 0 Å². The fourth-order valence-electron chi connectivity index (χ4n) is 1.10. The van der Waals surface area contributed by atoms with E-state index in [1.54, 1.807) is 0 Å². The number of hydrogen-bond acceptors (Lipinski definition) is 2. The Bertz CT molecular complexity index is 250. The van der Waals surface area contributed by atoms with E-state index in [0.717, 1.165) is 8.73 Å². The van der Waals surface area contributed by atoms with Crippen LogP contribution < -0.4 is 9.99 Å². The fraction of sp³-hybridized carbons (Fsp3) is 0.333. The zero-order valence-corrected chi connectivity index (χ0v) is 8.76. The van der Waals surface area contributed by atoms with Gasteiger partial charge in [0.25, 0.3) is 0 Å². The van der Waals surface area contributed by atoms with E-state index < -0.39 is 0 Å². The Kier molecular flexibility index (Phi) is 3.36. The summed E-state index contributed by atoms with van der Waals surface area (Å²) < 4.78 is 2.24. The molecule has 0 radical (unpaired) electrons. The molecule has 1 unspecified atom stereocenters. The van der Waals surface area contributed by atoms with E-state index in [4.69, 9.17) is 0 Å². The smallest absolute Gasteiger partial charge is 0.0629 e. The third-order valence-corrected chi connectivity index (χ3v) is 2.78. The molecule has 1 rings (SSSR count). The first-order chi connectivity index (χ1) is 5.79. The normalized spacial score (nSPS) is 10.6. The average molecular weight is 182 g/mol. The minimum Gasteiger partial charge on any atom is -0.386 e. The van der Waals surface area contributed by atoms with Gasteiger partial charge in [-0.15, -0.1) is 0 Å². The lowest BCUT2D eigenvalue weighted by Crippen LogP contribution is -2.05. The van der Waals surface area contributed by atoms with Gasteiger partial charge >= 0.3 is 0 Å². The van der Waals surface area contributed by atoms with E-state index in [9.17, 15) is 0 Å². The summed E-state index contributed by atoms with van der Waals surface area (Å²) in [6.45, 7) is 2.17. The number of para-hydroxylation sites is 2. The first-order valence-corrected chi connectivity index (χ1v) is 5.42. The molecule has 0 heterocycles. The molecule has 0 spiro atoms.